The van der Waals surface area contributed by atoms with Crippen molar-refractivity contribution >= 4 is 33.7 Å². The van der Waals surface area contributed by atoms with Gasteiger partial charge in [0, 0.05) is 9.37 Å². The fraction of sp³-hybridized carbons (Fsp3) is 0.533. The van der Waals surface area contributed by atoms with Crippen LogP contribution in [0.1, 0.15) is 48.9 Å². The molecule has 0 amide bonds. The third-order valence-electron chi connectivity index (χ3n) is 3.68. The average Bonchev–Trinajstić information content (AvgIpc) is 2.39. The lowest BCUT2D eigenvalue weighted by Crippen LogP contribution is -2.07. The van der Waals surface area contributed by atoms with E-state index in [2.05, 4.69) is 15.9 Å². The molecule has 0 spiro atoms. The molecule has 0 radical (unpaired) electrons. The average molecular weight is 343 g/mol. The third kappa shape index (κ3) is 4.53. The van der Waals surface area contributed by atoms with Crippen molar-refractivity contribution in [2.24, 2.45) is 5.92 Å². The summed E-state index contributed by atoms with van der Waals surface area (Å²) in [7, 11) is 0. The van der Waals surface area contributed by atoms with Crippen LogP contribution in [0.2, 0.25) is 0 Å². The van der Waals surface area contributed by atoms with Crippen LogP contribution in [0, 0.1) is 5.92 Å². The first-order chi connectivity index (χ1) is 9.16. The van der Waals surface area contributed by atoms with E-state index >= 15 is 0 Å². The van der Waals surface area contributed by atoms with Gasteiger partial charge < -0.3 is 5.11 Å². The number of benzene rings is 1. The molecule has 0 aromatic heterocycles. The molecule has 0 saturated heterocycles. The zero-order chi connectivity index (χ0) is 13.7. The van der Waals surface area contributed by atoms with Crippen molar-refractivity contribution in [3.8, 4) is 0 Å². The predicted octanol–water partition coefficient (Wildman–Crippen LogP) is 5.21. The minimum atomic E-state index is -0.840. The van der Waals surface area contributed by atoms with Gasteiger partial charge in [-0.25, -0.2) is 4.79 Å². The number of aromatic carboxylic acids is 1. The van der Waals surface area contributed by atoms with E-state index in [0.29, 0.717) is 5.56 Å². The highest BCUT2D eigenvalue weighted by molar-refractivity contribution is 9.10. The van der Waals surface area contributed by atoms with Crippen molar-refractivity contribution in [1.29, 1.82) is 0 Å². The topological polar surface area (TPSA) is 37.3 Å². The van der Waals surface area contributed by atoms with Gasteiger partial charge in [-0.05, 0) is 36.3 Å². The van der Waals surface area contributed by atoms with Gasteiger partial charge in [0.1, 0.15) is 0 Å². The molecule has 1 aliphatic rings. The Labute approximate surface area is 127 Å². The molecule has 0 atom stereocenters. The highest BCUT2D eigenvalue weighted by Crippen LogP contribution is 2.31. The lowest BCUT2D eigenvalue weighted by atomic mass is 9.88. The molecule has 1 N–H and O–H groups in total. The molecule has 2 rings (SSSR count). The van der Waals surface area contributed by atoms with E-state index in [1.807, 2.05) is 6.07 Å². The second-order valence-electron chi connectivity index (χ2n) is 5.09. The van der Waals surface area contributed by atoms with Gasteiger partial charge in [-0.15, -0.1) is 11.8 Å². The molecule has 0 aliphatic heterocycles. The second kappa shape index (κ2) is 7.34. The Morgan fingerprint density at radius 1 is 1.32 bits per heavy atom. The Morgan fingerprint density at radius 2 is 2.05 bits per heavy atom. The molecule has 2 nitrogen and oxygen atoms in total. The van der Waals surface area contributed by atoms with E-state index in [4.69, 9.17) is 0 Å². The van der Waals surface area contributed by atoms with Gasteiger partial charge >= 0.3 is 5.97 Å². The maximum absolute atomic E-state index is 11.2. The lowest BCUT2D eigenvalue weighted by molar-refractivity contribution is 0.0693. The summed E-state index contributed by atoms with van der Waals surface area (Å²) >= 11 is 5.08. The van der Waals surface area contributed by atoms with Gasteiger partial charge in [-0.2, -0.15) is 0 Å². The van der Waals surface area contributed by atoms with Crippen molar-refractivity contribution in [2.75, 3.05) is 5.75 Å². The number of hydrogen-bond donors (Lipinski definition) is 1. The van der Waals surface area contributed by atoms with Gasteiger partial charge in [0.2, 0.25) is 0 Å². The number of thioether (sulfide) groups is 1. The maximum atomic E-state index is 11.2. The van der Waals surface area contributed by atoms with Gasteiger partial charge in [0.15, 0.2) is 0 Å². The Balaban J connectivity index is 1.91. The number of carboxylic acids is 1. The Bertz CT molecular complexity index is 442. The molecule has 104 valence electrons. The SMILES string of the molecule is O=C(O)c1ccc(Br)cc1SCCC1CCCCC1. The first kappa shape index (κ1) is 14.9. The number of halogens is 1. The highest BCUT2D eigenvalue weighted by atomic mass is 79.9. The zero-order valence-corrected chi connectivity index (χ0v) is 13.3. The van der Waals surface area contributed by atoms with Crippen LogP contribution in [-0.4, -0.2) is 16.8 Å². The van der Waals surface area contributed by atoms with Crippen LogP contribution < -0.4 is 0 Å². The molecule has 0 heterocycles. The van der Waals surface area contributed by atoms with E-state index in [0.717, 1.165) is 21.0 Å². The van der Waals surface area contributed by atoms with Crippen molar-refractivity contribution in [2.45, 2.75) is 43.4 Å². The smallest absolute Gasteiger partial charge is 0.336 e. The third-order valence-corrected chi connectivity index (χ3v) is 5.26. The van der Waals surface area contributed by atoms with E-state index in [9.17, 15) is 9.90 Å². The first-order valence-electron chi connectivity index (χ1n) is 6.82. The first-order valence-corrected chi connectivity index (χ1v) is 8.60. The number of hydrogen-bond acceptors (Lipinski definition) is 2. The normalized spacial score (nSPS) is 16.5. The molecule has 0 unspecified atom stereocenters. The van der Waals surface area contributed by atoms with Crippen molar-refractivity contribution in [3.63, 3.8) is 0 Å². The summed E-state index contributed by atoms with van der Waals surface area (Å²) in [6, 6.07) is 5.37. The maximum Gasteiger partial charge on any atom is 0.336 e. The molecular weight excluding hydrogens is 324 g/mol. The fourth-order valence-electron chi connectivity index (χ4n) is 2.60. The summed E-state index contributed by atoms with van der Waals surface area (Å²) in [4.78, 5) is 12.0. The number of rotatable bonds is 5. The van der Waals surface area contributed by atoms with Crippen LogP contribution in [0.5, 0.6) is 0 Å². The summed E-state index contributed by atoms with van der Waals surface area (Å²) in [5, 5.41) is 9.18. The van der Waals surface area contributed by atoms with Crippen LogP contribution in [0.3, 0.4) is 0 Å². The van der Waals surface area contributed by atoms with Crippen LogP contribution in [0.4, 0.5) is 0 Å². The molecule has 1 aromatic carbocycles. The largest absolute Gasteiger partial charge is 0.478 e. The summed E-state index contributed by atoms with van der Waals surface area (Å²) < 4.78 is 0.942. The summed E-state index contributed by atoms with van der Waals surface area (Å²) in [5.41, 5.74) is 0.414. The predicted molar refractivity (Wildman–Crippen MR) is 83.0 cm³/mol. The Morgan fingerprint density at radius 3 is 2.74 bits per heavy atom. The Hall–Kier alpha value is -0.480. The van der Waals surface area contributed by atoms with E-state index in [-0.39, 0.29) is 0 Å². The van der Waals surface area contributed by atoms with Crippen LogP contribution in [0.25, 0.3) is 0 Å². The van der Waals surface area contributed by atoms with E-state index in [1.54, 1.807) is 23.9 Å². The molecule has 19 heavy (non-hydrogen) atoms. The Kier molecular flexibility index (Phi) is 5.76. The number of carbonyl (C=O) groups is 1. The minimum Gasteiger partial charge on any atom is -0.478 e. The van der Waals surface area contributed by atoms with Crippen molar-refractivity contribution < 1.29 is 9.90 Å². The van der Waals surface area contributed by atoms with Crippen molar-refractivity contribution in [3.05, 3.63) is 28.2 Å². The van der Waals surface area contributed by atoms with Crippen LogP contribution in [0.15, 0.2) is 27.6 Å². The molecular formula is C15H19BrO2S. The van der Waals surface area contributed by atoms with E-state index in [1.165, 1.54) is 38.5 Å². The minimum absolute atomic E-state index is 0.414. The van der Waals surface area contributed by atoms with Gasteiger partial charge in [0.25, 0.3) is 0 Å². The second-order valence-corrected chi connectivity index (χ2v) is 7.14. The molecule has 1 saturated carbocycles. The summed E-state index contributed by atoms with van der Waals surface area (Å²) in [5.74, 6) is 1.02. The monoisotopic (exact) mass is 342 g/mol. The molecule has 1 aromatic rings. The highest BCUT2D eigenvalue weighted by Gasteiger charge is 2.15. The summed E-state index contributed by atoms with van der Waals surface area (Å²) in [6.45, 7) is 0. The summed E-state index contributed by atoms with van der Waals surface area (Å²) in [6.07, 6.45) is 8.03. The van der Waals surface area contributed by atoms with E-state index < -0.39 is 5.97 Å². The molecule has 4 heteroatoms. The molecule has 0 bridgehead atoms. The van der Waals surface area contributed by atoms with Gasteiger partial charge in [0.05, 0.1) is 5.56 Å². The van der Waals surface area contributed by atoms with Gasteiger partial charge in [-0.3, -0.25) is 0 Å². The van der Waals surface area contributed by atoms with Crippen LogP contribution >= 0.6 is 27.7 Å². The van der Waals surface area contributed by atoms with Crippen LogP contribution in [-0.2, 0) is 0 Å². The standard InChI is InChI=1S/C15H19BrO2S/c16-12-6-7-13(15(17)18)14(10-12)19-9-8-11-4-2-1-3-5-11/h6-7,10-11H,1-5,8-9H2,(H,17,18). The molecule has 1 fully saturated rings. The quantitative estimate of drug-likeness (QED) is 0.746. The van der Waals surface area contributed by atoms with Crippen molar-refractivity contribution in [1.82, 2.24) is 0 Å². The lowest BCUT2D eigenvalue weighted by Gasteiger charge is -2.21. The molecule has 1 aliphatic carbocycles. The zero-order valence-electron chi connectivity index (χ0n) is 10.9. The fourth-order valence-corrected chi connectivity index (χ4v) is 4.31. The van der Waals surface area contributed by atoms with Gasteiger partial charge in [-0.1, -0.05) is 48.0 Å². The number of carboxylic acid groups (broad SMARTS) is 1.